The van der Waals surface area contributed by atoms with E-state index >= 15 is 0 Å². The van der Waals surface area contributed by atoms with Gasteiger partial charge in [-0.3, -0.25) is 4.79 Å². The van der Waals surface area contributed by atoms with E-state index in [0.717, 1.165) is 29.3 Å². The van der Waals surface area contributed by atoms with Crippen LogP contribution in [0.2, 0.25) is 0 Å². The van der Waals surface area contributed by atoms with Gasteiger partial charge in [0.05, 0.1) is 12.8 Å². The summed E-state index contributed by atoms with van der Waals surface area (Å²) in [6.45, 7) is 0.784. The van der Waals surface area contributed by atoms with Crippen molar-refractivity contribution in [1.29, 1.82) is 0 Å². The second-order valence-electron chi connectivity index (χ2n) is 5.17. The topological polar surface area (TPSA) is 29.5 Å². The van der Waals surface area contributed by atoms with E-state index in [-0.39, 0.29) is 5.91 Å². The molecule has 0 saturated carbocycles. The van der Waals surface area contributed by atoms with E-state index in [2.05, 4.69) is 6.07 Å². The van der Waals surface area contributed by atoms with Crippen LogP contribution in [0.3, 0.4) is 0 Å². The lowest BCUT2D eigenvalue weighted by Gasteiger charge is -2.29. The maximum atomic E-state index is 12.6. The third-order valence-electron chi connectivity index (χ3n) is 3.83. The van der Waals surface area contributed by atoms with E-state index in [4.69, 9.17) is 4.74 Å². The highest BCUT2D eigenvalue weighted by Crippen LogP contribution is 2.34. The van der Waals surface area contributed by atoms with E-state index in [0.29, 0.717) is 12.8 Å². The molecule has 0 aliphatic carbocycles. The van der Waals surface area contributed by atoms with Crippen LogP contribution in [0.4, 0.5) is 5.69 Å². The molecule has 0 aromatic heterocycles. The molecular weight excluding hydrogens is 294 g/mol. The minimum absolute atomic E-state index is 0.179. The molecule has 0 saturated heterocycles. The van der Waals surface area contributed by atoms with Gasteiger partial charge in [-0.2, -0.15) is 0 Å². The van der Waals surface area contributed by atoms with Crippen LogP contribution in [0.5, 0.6) is 5.75 Å². The lowest BCUT2D eigenvalue weighted by atomic mass is 10.1. The predicted molar refractivity (Wildman–Crippen MR) is 90.8 cm³/mol. The summed E-state index contributed by atoms with van der Waals surface area (Å²) < 4.78 is 5.35. The molecule has 22 heavy (non-hydrogen) atoms. The summed E-state index contributed by atoms with van der Waals surface area (Å²) in [4.78, 5) is 15.7. The number of thioether (sulfide) groups is 1. The van der Waals surface area contributed by atoms with Gasteiger partial charge in [0.1, 0.15) is 5.75 Å². The zero-order chi connectivity index (χ0) is 15.4. The molecule has 0 fully saturated rings. The molecular formula is C18H19NO2S. The van der Waals surface area contributed by atoms with Crippen molar-refractivity contribution in [2.45, 2.75) is 17.7 Å². The van der Waals surface area contributed by atoms with Crippen LogP contribution in [0, 0.1) is 0 Å². The van der Waals surface area contributed by atoms with Gasteiger partial charge >= 0.3 is 0 Å². The molecule has 3 rings (SSSR count). The summed E-state index contributed by atoms with van der Waals surface area (Å²) >= 11 is 1.82. The van der Waals surface area contributed by atoms with Crippen LogP contribution in [-0.2, 0) is 11.2 Å². The second kappa shape index (κ2) is 6.88. The number of carbonyl (C=O) groups excluding carboxylic acids is 1. The first-order valence-electron chi connectivity index (χ1n) is 7.43. The highest BCUT2D eigenvalue weighted by molar-refractivity contribution is 7.99. The summed E-state index contributed by atoms with van der Waals surface area (Å²) in [6.07, 6.45) is 1.20. The van der Waals surface area contributed by atoms with Crippen LogP contribution < -0.4 is 9.64 Å². The molecule has 114 valence electrons. The fourth-order valence-electron chi connectivity index (χ4n) is 2.71. The third-order valence-corrected chi connectivity index (χ3v) is 4.87. The Morgan fingerprint density at radius 2 is 1.95 bits per heavy atom. The lowest BCUT2D eigenvalue weighted by molar-refractivity contribution is -0.118. The first-order valence-corrected chi connectivity index (χ1v) is 8.42. The Bertz CT molecular complexity index is 672. The van der Waals surface area contributed by atoms with Crippen molar-refractivity contribution in [2.75, 3.05) is 24.3 Å². The standard InChI is InChI=1S/C18H19NO2S/c1-21-16-8-4-2-6-14(16)10-11-18(20)19-12-13-22-17-9-5-3-7-15(17)19/h2-9H,10-13H2,1H3. The first-order chi connectivity index (χ1) is 10.8. The van der Waals surface area contributed by atoms with Crippen molar-refractivity contribution in [2.24, 2.45) is 0 Å². The Morgan fingerprint density at radius 1 is 1.18 bits per heavy atom. The molecule has 1 heterocycles. The Morgan fingerprint density at radius 3 is 2.82 bits per heavy atom. The number of para-hydroxylation sites is 2. The predicted octanol–water partition coefficient (Wildman–Crippen LogP) is 3.77. The number of nitrogens with zero attached hydrogens (tertiary/aromatic N) is 1. The van der Waals surface area contributed by atoms with Crippen LogP contribution >= 0.6 is 11.8 Å². The zero-order valence-corrected chi connectivity index (χ0v) is 13.4. The molecule has 1 aliphatic rings. The van der Waals surface area contributed by atoms with Crippen molar-refractivity contribution in [3.63, 3.8) is 0 Å². The molecule has 2 aromatic carbocycles. The molecule has 0 unspecified atom stereocenters. The van der Waals surface area contributed by atoms with E-state index < -0.39 is 0 Å². The van der Waals surface area contributed by atoms with E-state index in [1.54, 1.807) is 7.11 Å². The van der Waals surface area contributed by atoms with Gasteiger partial charge in [-0.1, -0.05) is 30.3 Å². The number of rotatable bonds is 4. The van der Waals surface area contributed by atoms with Gasteiger partial charge in [0.15, 0.2) is 0 Å². The first kappa shape index (κ1) is 15.0. The van der Waals surface area contributed by atoms with Crippen molar-refractivity contribution < 1.29 is 9.53 Å². The van der Waals surface area contributed by atoms with Crippen LogP contribution in [0.1, 0.15) is 12.0 Å². The Hall–Kier alpha value is -1.94. The van der Waals surface area contributed by atoms with E-state index in [9.17, 15) is 4.79 Å². The number of carbonyl (C=O) groups is 1. The molecule has 1 aliphatic heterocycles. The number of benzene rings is 2. The Kier molecular flexibility index (Phi) is 4.68. The van der Waals surface area contributed by atoms with Gasteiger partial charge in [-0.25, -0.2) is 0 Å². The van der Waals surface area contributed by atoms with Crippen molar-refractivity contribution in [1.82, 2.24) is 0 Å². The number of fused-ring (bicyclic) bond motifs is 1. The Labute approximate surface area is 135 Å². The number of amides is 1. The minimum atomic E-state index is 0.179. The minimum Gasteiger partial charge on any atom is -0.496 e. The smallest absolute Gasteiger partial charge is 0.227 e. The number of hydrogen-bond donors (Lipinski definition) is 0. The molecule has 2 aromatic rings. The number of aryl methyl sites for hydroxylation is 1. The van der Waals surface area contributed by atoms with Gasteiger partial charge in [0, 0.05) is 23.6 Å². The maximum Gasteiger partial charge on any atom is 0.227 e. The molecule has 1 amide bonds. The van der Waals surface area contributed by atoms with Gasteiger partial charge in [-0.05, 0) is 30.2 Å². The Balaban J connectivity index is 1.71. The van der Waals surface area contributed by atoms with E-state index in [1.807, 2.05) is 59.1 Å². The summed E-state index contributed by atoms with van der Waals surface area (Å²) in [6, 6.07) is 16.0. The number of methoxy groups -OCH3 is 1. The van der Waals surface area contributed by atoms with E-state index in [1.165, 1.54) is 4.90 Å². The van der Waals surface area contributed by atoms with Gasteiger partial charge in [0.2, 0.25) is 5.91 Å². The third kappa shape index (κ3) is 3.12. The largest absolute Gasteiger partial charge is 0.496 e. The zero-order valence-electron chi connectivity index (χ0n) is 12.6. The fourth-order valence-corrected chi connectivity index (χ4v) is 3.71. The fraction of sp³-hybridized carbons (Fsp3) is 0.278. The number of anilines is 1. The molecule has 0 spiro atoms. The maximum absolute atomic E-state index is 12.6. The van der Waals surface area contributed by atoms with Crippen molar-refractivity contribution in [3.05, 3.63) is 54.1 Å². The highest BCUT2D eigenvalue weighted by Gasteiger charge is 2.22. The summed E-state index contributed by atoms with van der Waals surface area (Å²) in [7, 11) is 1.67. The SMILES string of the molecule is COc1ccccc1CCC(=O)N1CCSc2ccccc21. The molecule has 0 atom stereocenters. The quantitative estimate of drug-likeness (QED) is 0.860. The van der Waals surface area contributed by atoms with Gasteiger partial charge in [0.25, 0.3) is 0 Å². The second-order valence-corrected chi connectivity index (χ2v) is 6.31. The molecule has 0 N–H and O–H groups in total. The summed E-state index contributed by atoms with van der Waals surface area (Å²) in [5, 5.41) is 0. The van der Waals surface area contributed by atoms with Crippen molar-refractivity contribution in [3.8, 4) is 5.75 Å². The number of hydrogen-bond acceptors (Lipinski definition) is 3. The summed E-state index contributed by atoms with van der Waals surface area (Å²) in [5.41, 5.74) is 2.13. The molecule has 0 radical (unpaired) electrons. The van der Waals surface area contributed by atoms with Crippen LogP contribution in [-0.4, -0.2) is 25.3 Å². The van der Waals surface area contributed by atoms with Crippen molar-refractivity contribution >= 4 is 23.4 Å². The average Bonchev–Trinajstić information content (AvgIpc) is 2.59. The summed E-state index contributed by atoms with van der Waals surface area (Å²) in [5.74, 6) is 1.99. The monoisotopic (exact) mass is 313 g/mol. The molecule has 3 nitrogen and oxygen atoms in total. The normalized spacial score (nSPS) is 13.6. The van der Waals surface area contributed by atoms with Gasteiger partial charge < -0.3 is 9.64 Å². The van der Waals surface area contributed by atoms with Gasteiger partial charge in [-0.15, -0.1) is 11.8 Å². The highest BCUT2D eigenvalue weighted by atomic mass is 32.2. The van der Waals surface area contributed by atoms with Crippen LogP contribution in [0.25, 0.3) is 0 Å². The lowest BCUT2D eigenvalue weighted by Crippen LogP contribution is -2.35. The van der Waals surface area contributed by atoms with Crippen LogP contribution in [0.15, 0.2) is 53.4 Å². The molecule has 4 heteroatoms. The molecule has 0 bridgehead atoms. The average molecular weight is 313 g/mol. The number of ether oxygens (including phenoxy) is 1.